The van der Waals surface area contributed by atoms with Crippen molar-refractivity contribution in [1.29, 1.82) is 5.26 Å². The number of rotatable bonds is 4. The average Bonchev–Trinajstić information content (AvgIpc) is 3.43. The van der Waals surface area contributed by atoms with E-state index in [0.29, 0.717) is 37.1 Å². The van der Waals surface area contributed by atoms with Gasteiger partial charge in [0.1, 0.15) is 11.6 Å². The fourth-order valence-electron chi connectivity index (χ4n) is 4.93. The lowest BCUT2D eigenvalue weighted by Gasteiger charge is -2.47. The number of benzene rings is 1. The number of nitrogens with zero attached hydrogens (tertiary/aromatic N) is 6. The van der Waals surface area contributed by atoms with Crippen LogP contribution in [0.25, 0.3) is 22.2 Å². The van der Waals surface area contributed by atoms with Gasteiger partial charge in [0.05, 0.1) is 17.4 Å². The molecule has 0 unspecified atom stereocenters. The maximum atomic E-state index is 12.3. The van der Waals surface area contributed by atoms with E-state index in [-0.39, 0.29) is 28.4 Å². The monoisotopic (exact) mass is 478 g/mol. The van der Waals surface area contributed by atoms with Gasteiger partial charge in [-0.1, -0.05) is 12.6 Å². The number of hydrogen-bond donors (Lipinski definition) is 2. The summed E-state index contributed by atoms with van der Waals surface area (Å²) < 4.78 is 24.6. The Balaban J connectivity index is 1.64. The number of nitrogens with two attached hydrogens (primary N) is 1. The number of nitrogens with one attached hydrogen (secondary N) is 1. The Morgan fingerprint density at radius 3 is 2.76 bits per heavy atom. The first-order chi connectivity index (χ1) is 16.2. The van der Waals surface area contributed by atoms with Gasteiger partial charge in [0.15, 0.2) is 5.82 Å². The van der Waals surface area contributed by atoms with Crippen molar-refractivity contribution in [3.8, 4) is 17.3 Å². The van der Waals surface area contributed by atoms with Gasteiger partial charge in [-0.25, -0.2) is 18.5 Å². The van der Waals surface area contributed by atoms with Gasteiger partial charge < -0.3 is 9.80 Å². The van der Waals surface area contributed by atoms with Gasteiger partial charge in [-0.15, -0.1) is 0 Å². The summed E-state index contributed by atoms with van der Waals surface area (Å²) in [6.45, 7) is 7.61. The molecule has 0 bridgehead atoms. The number of aromatic nitrogens is 4. The van der Waals surface area contributed by atoms with Crippen LogP contribution in [0.15, 0.2) is 36.1 Å². The zero-order chi connectivity index (χ0) is 24.3. The Labute approximate surface area is 195 Å². The molecule has 2 aliphatic heterocycles. The second-order valence-electron chi connectivity index (χ2n) is 8.87. The number of amides is 1. The summed E-state index contributed by atoms with van der Waals surface area (Å²) in [7, 11) is -4.25. The third-order valence-corrected chi connectivity index (χ3v) is 7.27. The van der Waals surface area contributed by atoms with Crippen molar-refractivity contribution < 1.29 is 13.2 Å². The van der Waals surface area contributed by atoms with Crippen LogP contribution in [0.3, 0.4) is 0 Å². The van der Waals surface area contributed by atoms with Crippen LogP contribution in [-0.2, 0) is 14.8 Å². The van der Waals surface area contributed by atoms with Gasteiger partial charge in [-0.2, -0.15) is 15.3 Å². The minimum absolute atomic E-state index is 0.119. The molecular weight excluding hydrogens is 456 g/mol. The maximum absolute atomic E-state index is 12.3. The molecule has 1 spiro atoms. The third kappa shape index (κ3) is 3.41. The second-order valence-corrected chi connectivity index (χ2v) is 10.3. The van der Waals surface area contributed by atoms with Crippen molar-refractivity contribution in [2.24, 2.45) is 10.6 Å². The number of aryl methyl sites for hydroxylation is 1. The molecule has 34 heavy (non-hydrogen) atoms. The van der Waals surface area contributed by atoms with Crippen LogP contribution < -0.4 is 10.0 Å². The molecule has 0 saturated carbocycles. The molecule has 1 aromatic carbocycles. The normalized spacial score (nSPS) is 17.1. The first-order valence-electron chi connectivity index (χ1n) is 10.6. The summed E-state index contributed by atoms with van der Waals surface area (Å²) in [4.78, 5) is 24.0. The maximum Gasteiger partial charge on any atom is 0.273 e. The number of sulfonamides is 1. The molecule has 2 aliphatic rings. The molecule has 2 saturated heterocycles. The number of likely N-dealkylation sites (tertiary alicyclic amines) is 1. The lowest BCUT2D eigenvalue weighted by molar-refractivity contribution is -0.136. The van der Waals surface area contributed by atoms with Crippen molar-refractivity contribution in [3.05, 3.63) is 42.1 Å². The fourth-order valence-corrected chi connectivity index (χ4v) is 5.36. The van der Waals surface area contributed by atoms with Crippen molar-refractivity contribution in [1.82, 2.24) is 25.1 Å². The van der Waals surface area contributed by atoms with E-state index >= 15 is 0 Å². The van der Waals surface area contributed by atoms with E-state index in [2.05, 4.69) is 32.8 Å². The Kier molecular flexibility index (Phi) is 4.92. The molecule has 4 heterocycles. The van der Waals surface area contributed by atoms with E-state index in [1.54, 1.807) is 11.1 Å². The Morgan fingerprint density at radius 1 is 1.32 bits per heavy atom. The molecule has 0 aliphatic carbocycles. The molecule has 0 radical (unpaired) electrons. The summed E-state index contributed by atoms with van der Waals surface area (Å²) in [5.74, 6) is 0.105. The van der Waals surface area contributed by atoms with Gasteiger partial charge in [0.25, 0.3) is 15.2 Å². The Morgan fingerprint density at radius 2 is 2.09 bits per heavy atom. The predicted molar refractivity (Wildman–Crippen MR) is 124 cm³/mol. The number of anilines is 1. The molecule has 11 nitrogen and oxygen atoms in total. The van der Waals surface area contributed by atoms with Crippen molar-refractivity contribution in [2.45, 2.75) is 18.5 Å². The molecule has 2 aromatic heterocycles. The van der Waals surface area contributed by atoms with E-state index in [9.17, 15) is 18.5 Å². The van der Waals surface area contributed by atoms with Crippen molar-refractivity contribution in [3.63, 3.8) is 0 Å². The first-order valence-corrected chi connectivity index (χ1v) is 12.1. The van der Waals surface area contributed by atoms with E-state index in [0.717, 1.165) is 17.5 Å². The summed E-state index contributed by atoms with van der Waals surface area (Å²) in [5, 5.41) is 22.7. The SMILES string of the molecule is C=CC(=O)N1CC2(CCN(c3nc(S(N)(=O)=O)nc(-c4c(C)ccc5[nH]ncc45)c3C#N)C2)C1. The van der Waals surface area contributed by atoms with E-state index < -0.39 is 15.2 Å². The number of nitriles is 1. The van der Waals surface area contributed by atoms with Gasteiger partial charge >= 0.3 is 0 Å². The highest BCUT2D eigenvalue weighted by Gasteiger charge is 2.49. The third-order valence-electron chi connectivity index (χ3n) is 6.58. The number of primary sulfonamides is 1. The minimum Gasteiger partial charge on any atom is -0.355 e. The fraction of sp³-hybridized carbons (Fsp3) is 0.318. The first kappa shape index (κ1) is 22.0. The highest BCUT2D eigenvalue weighted by Crippen LogP contribution is 2.43. The zero-order valence-electron chi connectivity index (χ0n) is 18.4. The van der Waals surface area contributed by atoms with E-state index in [1.807, 2.05) is 24.0 Å². The standard InChI is InChI=1S/C22H22N8O3S/c1-3-17(31)30-11-22(12-30)6-7-29(10-22)20-14(8-23)19(26-21(27-20)34(24,32)33)18-13(2)4-5-16-15(18)9-25-28-16/h3-5,9H,1,6-7,10-12H2,2H3,(H,25,28)(H2,24,32,33). The van der Waals surface area contributed by atoms with Crippen molar-refractivity contribution >= 4 is 32.7 Å². The number of H-pyrrole nitrogens is 1. The van der Waals surface area contributed by atoms with Gasteiger partial charge in [0, 0.05) is 42.5 Å². The van der Waals surface area contributed by atoms with Crippen LogP contribution in [-0.4, -0.2) is 65.6 Å². The highest BCUT2D eigenvalue weighted by molar-refractivity contribution is 7.89. The number of hydrogen-bond acceptors (Lipinski definition) is 8. The molecule has 1 amide bonds. The summed E-state index contributed by atoms with van der Waals surface area (Å²) >= 11 is 0. The summed E-state index contributed by atoms with van der Waals surface area (Å²) in [6, 6.07) is 5.89. The minimum atomic E-state index is -4.25. The van der Waals surface area contributed by atoms with Crippen LogP contribution in [0.5, 0.6) is 0 Å². The molecule has 2 fully saturated rings. The average molecular weight is 479 g/mol. The van der Waals surface area contributed by atoms with E-state index in [1.165, 1.54) is 6.08 Å². The van der Waals surface area contributed by atoms with Gasteiger partial charge in [-0.05, 0) is 31.1 Å². The number of carbonyl (C=O) groups is 1. The van der Waals surface area contributed by atoms with Crippen LogP contribution in [0.2, 0.25) is 0 Å². The largest absolute Gasteiger partial charge is 0.355 e. The number of aromatic amines is 1. The molecule has 5 rings (SSSR count). The topological polar surface area (TPSA) is 162 Å². The molecule has 0 atom stereocenters. The zero-order valence-corrected chi connectivity index (χ0v) is 19.3. The Bertz CT molecular complexity index is 1500. The smallest absolute Gasteiger partial charge is 0.273 e. The van der Waals surface area contributed by atoms with Crippen LogP contribution in [0.4, 0.5) is 5.82 Å². The van der Waals surface area contributed by atoms with Crippen LogP contribution in [0, 0.1) is 23.7 Å². The summed E-state index contributed by atoms with van der Waals surface area (Å²) in [6.07, 6.45) is 3.68. The van der Waals surface area contributed by atoms with Crippen LogP contribution in [0.1, 0.15) is 17.5 Å². The lowest BCUT2D eigenvalue weighted by atomic mass is 9.79. The predicted octanol–water partition coefficient (Wildman–Crippen LogP) is 1.07. The van der Waals surface area contributed by atoms with Gasteiger partial charge in [0.2, 0.25) is 5.91 Å². The molecule has 12 heteroatoms. The van der Waals surface area contributed by atoms with Gasteiger partial charge in [-0.3, -0.25) is 9.89 Å². The Hall–Kier alpha value is -3.82. The molecule has 3 aromatic rings. The number of fused-ring (bicyclic) bond motifs is 1. The molecule has 174 valence electrons. The summed E-state index contributed by atoms with van der Waals surface area (Å²) in [5.41, 5.74) is 2.34. The second kappa shape index (κ2) is 7.61. The number of carbonyl (C=O) groups excluding carboxylic acids is 1. The van der Waals surface area contributed by atoms with Crippen LogP contribution >= 0.6 is 0 Å². The quantitative estimate of drug-likeness (QED) is 0.416. The van der Waals surface area contributed by atoms with E-state index in [4.69, 9.17) is 5.14 Å². The lowest BCUT2D eigenvalue weighted by Crippen LogP contribution is -2.59. The van der Waals surface area contributed by atoms with Crippen molar-refractivity contribution in [2.75, 3.05) is 31.1 Å². The highest BCUT2D eigenvalue weighted by atomic mass is 32.2. The molecular formula is C22H22N8O3S. The molecule has 3 N–H and O–H groups in total.